The maximum Gasteiger partial charge on any atom is 0.425 e. The van der Waals surface area contributed by atoms with Gasteiger partial charge in [-0.1, -0.05) is 5.10 Å². The summed E-state index contributed by atoms with van der Waals surface area (Å²) in [5.74, 6) is 0. The first-order chi connectivity index (χ1) is 2.89. The molecule has 0 aliphatic carbocycles. The van der Waals surface area contributed by atoms with E-state index in [-0.39, 0.29) is 0 Å². The molecule has 0 radical (unpaired) electrons. The Morgan fingerprint density at radius 3 is 2.67 bits per heavy atom. The third-order valence-electron chi connectivity index (χ3n) is 0.276. The summed E-state index contributed by atoms with van der Waals surface area (Å²) in [6.45, 7) is 0. The van der Waals surface area contributed by atoms with Crippen LogP contribution in [0.15, 0.2) is 4.52 Å². The fourth-order valence-corrected chi connectivity index (χ4v) is 0.124. The van der Waals surface area contributed by atoms with E-state index in [1.54, 1.807) is 0 Å². The van der Waals surface area contributed by atoms with E-state index in [0.717, 1.165) is 0 Å². The number of aromatic nitrogens is 3. The van der Waals surface area contributed by atoms with Gasteiger partial charge in [0.05, 0.1) is 5.27 Å². The Labute approximate surface area is 31.9 Å². The normalized spacial score (nSPS) is 8.83. The van der Waals surface area contributed by atoms with Crippen LogP contribution in [0.1, 0.15) is 0 Å². The van der Waals surface area contributed by atoms with Gasteiger partial charge in [-0.25, -0.2) is 0 Å². The molecule has 0 N–H and O–H groups in total. The Morgan fingerprint density at radius 1 is 1.67 bits per heavy atom. The fourth-order valence-electron chi connectivity index (χ4n) is 0.124. The molecule has 1 rings (SSSR count). The molecule has 0 aliphatic heterocycles. The first kappa shape index (κ1) is 3.20. The van der Waals surface area contributed by atoms with Gasteiger partial charge in [0.15, 0.2) is 0 Å². The van der Waals surface area contributed by atoms with Gasteiger partial charge >= 0.3 is 6.14 Å². The minimum Gasteiger partial charge on any atom is -0.284 e. The lowest BCUT2D eigenvalue weighted by atomic mass is 11.4. The van der Waals surface area contributed by atoms with Crippen LogP contribution in [0.3, 0.4) is 0 Å². The lowest BCUT2D eigenvalue weighted by molar-refractivity contribution is 0.263. The van der Waals surface area contributed by atoms with E-state index in [1.165, 1.54) is 0 Å². The summed E-state index contributed by atoms with van der Waals surface area (Å²) in [5, 5.41) is 8.21. The van der Waals surface area contributed by atoms with E-state index >= 15 is 0 Å². The Bertz CT molecular complexity index is 114. The van der Waals surface area contributed by atoms with Crippen molar-refractivity contribution in [2.75, 3.05) is 0 Å². The topological polar surface area (TPSA) is 51.8 Å². The van der Waals surface area contributed by atoms with Crippen LogP contribution in [0.25, 0.3) is 0 Å². The quantitative estimate of drug-likeness (QED) is 0.434. The van der Waals surface area contributed by atoms with Crippen molar-refractivity contribution >= 4 is 0 Å². The molecule has 1 aromatic rings. The molecular formula is CFN3O. The van der Waals surface area contributed by atoms with Crippen molar-refractivity contribution in [2.45, 2.75) is 0 Å². The maximum atomic E-state index is 11.3. The summed E-state index contributed by atoms with van der Waals surface area (Å²) in [6.07, 6.45) is -1.00. The van der Waals surface area contributed by atoms with Crippen molar-refractivity contribution < 1.29 is 8.91 Å². The first-order valence-corrected chi connectivity index (χ1v) is 1.20. The molecule has 0 spiro atoms. The Morgan fingerprint density at radius 2 is 2.50 bits per heavy atom. The number of rotatable bonds is 0. The van der Waals surface area contributed by atoms with Gasteiger partial charge in [-0.3, -0.25) is 4.52 Å². The zero-order chi connectivity index (χ0) is 4.41. The molecule has 0 aliphatic rings. The predicted molar refractivity (Wildman–Crippen MR) is 12.1 cm³/mol. The highest BCUT2D eigenvalue weighted by atomic mass is 19.1. The van der Waals surface area contributed by atoms with Crippen LogP contribution in [0.4, 0.5) is 4.39 Å². The van der Waals surface area contributed by atoms with Gasteiger partial charge in [0.25, 0.3) is 0 Å². The Hall–Kier alpha value is -1.00. The van der Waals surface area contributed by atoms with E-state index in [9.17, 15) is 4.39 Å². The van der Waals surface area contributed by atoms with Crippen molar-refractivity contribution in [3.8, 4) is 0 Å². The summed E-state index contributed by atoms with van der Waals surface area (Å²) < 4.78 is 15.0. The number of halogens is 1. The fraction of sp³-hybridized carbons (Fsp3) is 0. The van der Waals surface area contributed by atoms with E-state index in [2.05, 4.69) is 20.1 Å². The smallest absolute Gasteiger partial charge is 0.284 e. The zero-order valence-electron chi connectivity index (χ0n) is 2.63. The van der Waals surface area contributed by atoms with Crippen LogP contribution >= 0.6 is 0 Å². The lowest BCUT2D eigenvalue weighted by Gasteiger charge is -1.54. The summed E-state index contributed by atoms with van der Waals surface area (Å²) in [7, 11) is 0. The van der Waals surface area contributed by atoms with Crippen LogP contribution < -0.4 is 0 Å². The second-order valence-electron chi connectivity index (χ2n) is 0.615. The van der Waals surface area contributed by atoms with Crippen molar-refractivity contribution in [2.24, 2.45) is 0 Å². The lowest BCUT2D eigenvalue weighted by Crippen LogP contribution is -1.67. The molecule has 0 atom stereocenters. The van der Waals surface area contributed by atoms with Crippen molar-refractivity contribution in [1.82, 2.24) is 15.6 Å². The third kappa shape index (κ3) is 0.333. The Balaban J connectivity index is 3.05. The van der Waals surface area contributed by atoms with Gasteiger partial charge in [0.2, 0.25) is 0 Å². The number of hydrogen-bond acceptors (Lipinski definition) is 4. The van der Waals surface area contributed by atoms with Gasteiger partial charge in [0.1, 0.15) is 0 Å². The van der Waals surface area contributed by atoms with E-state index in [4.69, 9.17) is 0 Å². The molecule has 4 nitrogen and oxygen atoms in total. The van der Waals surface area contributed by atoms with Gasteiger partial charge < -0.3 is 0 Å². The summed E-state index contributed by atoms with van der Waals surface area (Å²) in [6, 6.07) is 0. The molecule has 1 aromatic heterocycles. The molecule has 1 heterocycles. The van der Waals surface area contributed by atoms with E-state index in [0.29, 0.717) is 0 Å². The van der Waals surface area contributed by atoms with Crippen molar-refractivity contribution in [3.05, 3.63) is 6.14 Å². The molecule has 0 bridgehead atoms. The molecule has 0 unspecified atom stereocenters. The SMILES string of the molecule is Fc1nnno1. The average Bonchev–Trinajstić information content (AvgIpc) is 1.86. The van der Waals surface area contributed by atoms with Gasteiger partial charge in [-0.2, -0.15) is 0 Å². The first-order valence-electron chi connectivity index (χ1n) is 1.20. The summed E-state index contributed by atoms with van der Waals surface area (Å²) in [5.41, 5.74) is 0. The van der Waals surface area contributed by atoms with Crippen LogP contribution in [0, 0.1) is 6.14 Å². The highest BCUT2D eigenvalue weighted by Crippen LogP contribution is 1.77. The Kier molecular flexibility index (Phi) is 0.533. The summed E-state index contributed by atoms with van der Waals surface area (Å²) in [4.78, 5) is 0. The predicted octanol–water partition coefficient (Wildman–Crippen LogP) is -0.396. The third-order valence-corrected chi connectivity index (χ3v) is 0.276. The van der Waals surface area contributed by atoms with Crippen LogP contribution in [-0.2, 0) is 0 Å². The molecule has 0 fully saturated rings. The highest BCUT2D eigenvalue weighted by Gasteiger charge is 1.88. The monoisotopic (exact) mass is 89.0 g/mol. The van der Waals surface area contributed by atoms with Crippen LogP contribution in [-0.4, -0.2) is 15.6 Å². The number of hydrogen-bond donors (Lipinski definition) is 0. The molecule has 5 heteroatoms. The largest absolute Gasteiger partial charge is 0.425 e. The molecule has 0 aromatic carbocycles. The molecule has 0 amide bonds. The van der Waals surface area contributed by atoms with Crippen LogP contribution in [0.5, 0.6) is 0 Å². The molecule has 6 heavy (non-hydrogen) atoms. The molecule has 0 saturated heterocycles. The molecule has 32 valence electrons. The maximum absolute atomic E-state index is 11.3. The highest BCUT2D eigenvalue weighted by molar-refractivity contribution is 4.26. The standard InChI is InChI=1S/CFN3O/c2-1-3-4-5-6-1. The average molecular weight is 89.0 g/mol. The molecular weight excluding hydrogens is 89.0 g/mol. The zero-order valence-corrected chi connectivity index (χ0v) is 2.63. The van der Waals surface area contributed by atoms with Gasteiger partial charge in [-0.15, -0.1) is 4.39 Å². The molecule has 0 saturated carbocycles. The second kappa shape index (κ2) is 1.00. The van der Waals surface area contributed by atoms with Crippen molar-refractivity contribution in [1.29, 1.82) is 0 Å². The van der Waals surface area contributed by atoms with E-state index in [1.807, 2.05) is 0 Å². The second-order valence-corrected chi connectivity index (χ2v) is 0.615. The summed E-state index contributed by atoms with van der Waals surface area (Å²) >= 11 is 0. The minimum atomic E-state index is -1.00. The van der Waals surface area contributed by atoms with Gasteiger partial charge in [-0.05, 0) is 5.21 Å². The number of nitrogens with zero attached hydrogens (tertiary/aromatic N) is 3. The minimum absolute atomic E-state index is 1.00. The van der Waals surface area contributed by atoms with E-state index < -0.39 is 6.14 Å². The van der Waals surface area contributed by atoms with Gasteiger partial charge in [0, 0.05) is 0 Å². The van der Waals surface area contributed by atoms with Crippen molar-refractivity contribution in [3.63, 3.8) is 0 Å². The van der Waals surface area contributed by atoms with Crippen LogP contribution in [0.2, 0.25) is 0 Å².